The molecule has 0 spiro atoms. The van der Waals surface area contributed by atoms with Crippen molar-refractivity contribution in [2.24, 2.45) is 5.41 Å². The molecule has 0 radical (unpaired) electrons. The Bertz CT molecular complexity index is 764. The molecule has 0 aliphatic carbocycles. The lowest BCUT2D eigenvalue weighted by Crippen LogP contribution is -2.40. The minimum absolute atomic E-state index is 0.0313. The highest BCUT2D eigenvalue weighted by molar-refractivity contribution is 14.1. The standard InChI is InChI=1S/C22H26I2OS/c1-3-5-12-22(4-2)14-26-19-9-7-6-8-17(19)20(21(22)25)16-11-10-15(23)13-18(16)24/h6-11,13,20-21,25H,3-5,12,14H2,1-2H3/t20-,21-,22-/m1/s1. The number of fused-ring (bicyclic) bond motifs is 1. The van der Waals surface area contributed by atoms with Crippen LogP contribution in [0.3, 0.4) is 0 Å². The van der Waals surface area contributed by atoms with Gasteiger partial charge >= 0.3 is 0 Å². The normalized spacial score (nSPS) is 25.6. The van der Waals surface area contributed by atoms with Gasteiger partial charge in [0.05, 0.1) is 6.10 Å². The van der Waals surface area contributed by atoms with Crippen LogP contribution in [0.15, 0.2) is 47.4 Å². The van der Waals surface area contributed by atoms with E-state index in [0.717, 1.165) is 18.6 Å². The molecule has 1 aliphatic rings. The van der Waals surface area contributed by atoms with Crippen molar-refractivity contribution in [3.8, 4) is 0 Å². The van der Waals surface area contributed by atoms with Crippen LogP contribution in [0.4, 0.5) is 0 Å². The summed E-state index contributed by atoms with van der Waals surface area (Å²) >= 11 is 6.75. The van der Waals surface area contributed by atoms with E-state index in [4.69, 9.17) is 0 Å². The average Bonchev–Trinajstić information content (AvgIpc) is 2.76. The molecule has 4 heteroatoms. The van der Waals surface area contributed by atoms with E-state index in [1.165, 1.54) is 36.0 Å². The third-order valence-corrected chi connectivity index (χ3v) is 8.75. The van der Waals surface area contributed by atoms with Crippen LogP contribution < -0.4 is 0 Å². The second-order valence-electron chi connectivity index (χ2n) is 7.23. The van der Waals surface area contributed by atoms with Crippen molar-refractivity contribution in [2.75, 3.05) is 5.75 Å². The highest BCUT2D eigenvalue weighted by Gasteiger charge is 2.44. The number of aliphatic hydroxyl groups excluding tert-OH is 1. The van der Waals surface area contributed by atoms with Gasteiger partial charge in [0.1, 0.15) is 0 Å². The summed E-state index contributed by atoms with van der Waals surface area (Å²) in [5, 5.41) is 11.8. The van der Waals surface area contributed by atoms with Crippen LogP contribution in [0.5, 0.6) is 0 Å². The SMILES string of the molecule is CCCC[C@]1(CC)CSc2ccccc2[C@@H](c2ccc(I)cc2I)[C@H]1O. The van der Waals surface area contributed by atoms with Gasteiger partial charge in [0.2, 0.25) is 0 Å². The van der Waals surface area contributed by atoms with Crippen LogP contribution in [0.2, 0.25) is 0 Å². The lowest BCUT2D eigenvalue weighted by molar-refractivity contribution is 0.0181. The second-order valence-corrected chi connectivity index (χ2v) is 10.7. The van der Waals surface area contributed by atoms with Gasteiger partial charge in [-0.05, 0) is 87.3 Å². The first-order valence-corrected chi connectivity index (χ1v) is 12.5. The van der Waals surface area contributed by atoms with E-state index in [2.05, 4.69) is 101 Å². The van der Waals surface area contributed by atoms with Gasteiger partial charge in [0.15, 0.2) is 0 Å². The van der Waals surface area contributed by atoms with Crippen LogP contribution >= 0.6 is 56.9 Å². The summed E-state index contributed by atoms with van der Waals surface area (Å²) in [7, 11) is 0. The number of hydrogen-bond acceptors (Lipinski definition) is 2. The Morgan fingerprint density at radius 3 is 2.58 bits per heavy atom. The van der Waals surface area contributed by atoms with E-state index >= 15 is 0 Å². The molecule has 1 aliphatic heterocycles. The Morgan fingerprint density at radius 2 is 1.88 bits per heavy atom. The number of rotatable bonds is 5. The molecule has 0 saturated carbocycles. The van der Waals surface area contributed by atoms with Crippen LogP contribution in [-0.4, -0.2) is 17.0 Å². The molecule has 1 heterocycles. The quantitative estimate of drug-likeness (QED) is 0.375. The maximum Gasteiger partial charge on any atom is 0.0714 e. The molecule has 0 bridgehead atoms. The van der Waals surface area contributed by atoms with Crippen LogP contribution in [-0.2, 0) is 0 Å². The minimum atomic E-state index is -0.358. The Kier molecular flexibility index (Phi) is 7.36. The van der Waals surface area contributed by atoms with Crippen molar-refractivity contribution in [1.29, 1.82) is 0 Å². The van der Waals surface area contributed by atoms with Gasteiger partial charge in [0.25, 0.3) is 0 Å². The van der Waals surface area contributed by atoms with Gasteiger partial charge in [-0.25, -0.2) is 0 Å². The predicted octanol–water partition coefficient (Wildman–Crippen LogP) is 7.08. The number of aliphatic hydroxyl groups is 1. The third kappa shape index (κ3) is 4.13. The Labute approximate surface area is 189 Å². The molecule has 2 aromatic rings. The molecule has 0 saturated heterocycles. The number of thioether (sulfide) groups is 1. The summed E-state index contributed by atoms with van der Waals surface area (Å²) in [6.45, 7) is 4.50. The molecule has 2 aromatic carbocycles. The Balaban J connectivity index is 2.15. The second kappa shape index (κ2) is 9.14. The fourth-order valence-corrected chi connectivity index (χ4v) is 7.46. The molecular formula is C22H26I2OS. The fourth-order valence-electron chi connectivity index (χ4n) is 4.03. The van der Waals surface area contributed by atoms with E-state index in [-0.39, 0.29) is 17.4 Å². The largest absolute Gasteiger partial charge is 0.392 e. The maximum absolute atomic E-state index is 11.8. The zero-order valence-electron chi connectivity index (χ0n) is 15.3. The van der Waals surface area contributed by atoms with Crippen molar-refractivity contribution in [1.82, 2.24) is 0 Å². The molecule has 140 valence electrons. The van der Waals surface area contributed by atoms with E-state index < -0.39 is 0 Å². The molecule has 26 heavy (non-hydrogen) atoms. The van der Waals surface area contributed by atoms with E-state index in [1.807, 2.05) is 11.8 Å². The van der Waals surface area contributed by atoms with Gasteiger partial charge in [-0.2, -0.15) is 0 Å². The zero-order chi connectivity index (χ0) is 18.7. The van der Waals surface area contributed by atoms with Crippen molar-refractivity contribution in [3.63, 3.8) is 0 Å². The first-order valence-electron chi connectivity index (χ1n) is 9.37. The first-order chi connectivity index (χ1) is 12.5. The smallest absolute Gasteiger partial charge is 0.0714 e. The molecule has 1 N–H and O–H groups in total. The van der Waals surface area contributed by atoms with Crippen molar-refractivity contribution < 1.29 is 5.11 Å². The summed E-state index contributed by atoms with van der Waals surface area (Å²) < 4.78 is 2.50. The number of hydrogen-bond donors (Lipinski definition) is 1. The lowest BCUT2D eigenvalue weighted by Gasteiger charge is -2.40. The Morgan fingerprint density at radius 1 is 1.12 bits per heavy atom. The molecule has 3 atom stereocenters. The highest BCUT2D eigenvalue weighted by Crippen LogP contribution is 2.51. The molecule has 0 fully saturated rings. The van der Waals surface area contributed by atoms with Crippen LogP contribution in [0.1, 0.15) is 56.6 Å². The third-order valence-electron chi connectivity index (χ3n) is 5.74. The average molecular weight is 592 g/mol. The van der Waals surface area contributed by atoms with Crippen LogP contribution in [0, 0.1) is 12.6 Å². The molecule has 3 rings (SSSR count). The van der Waals surface area contributed by atoms with Gasteiger partial charge < -0.3 is 5.11 Å². The van der Waals surface area contributed by atoms with Gasteiger partial charge in [-0.15, -0.1) is 11.8 Å². The van der Waals surface area contributed by atoms with Crippen molar-refractivity contribution in [3.05, 3.63) is 60.7 Å². The van der Waals surface area contributed by atoms with Gasteiger partial charge in [-0.1, -0.05) is 51.0 Å². The summed E-state index contributed by atoms with van der Waals surface area (Å²) in [6, 6.07) is 15.3. The first kappa shape index (κ1) is 20.9. The molecule has 1 nitrogen and oxygen atoms in total. The van der Waals surface area contributed by atoms with E-state index in [0.29, 0.717) is 0 Å². The molecule has 0 unspecified atom stereocenters. The summed E-state index contributed by atoms with van der Waals surface area (Å²) in [6.07, 6.45) is 4.12. The fraction of sp³-hybridized carbons (Fsp3) is 0.455. The highest BCUT2D eigenvalue weighted by atomic mass is 127. The topological polar surface area (TPSA) is 20.2 Å². The van der Waals surface area contributed by atoms with Crippen molar-refractivity contribution >= 4 is 56.9 Å². The van der Waals surface area contributed by atoms with Gasteiger partial charge in [0, 0.05) is 29.1 Å². The lowest BCUT2D eigenvalue weighted by atomic mass is 9.69. The monoisotopic (exact) mass is 592 g/mol. The maximum atomic E-state index is 11.8. The van der Waals surface area contributed by atoms with Crippen LogP contribution in [0.25, 0.3) is 0 Å². The zero-order valence-corrected chi connectivity index (χ0v) is 20.5. The summed E-state index contributed by atoms with van der Waals surface area (Å²) in [4.78, 5) is 1.33. The number of benzene rings is 2. The molecule has 0 aromatic heterocycles. The number of unbranched alkanes of at least 4 members (excludes halogenated alkanes) is 1. The van der Waals surface area contributed by atoms with Gasteiger partial charge in [-0.3, -0.25) is 0 Å². The Hall–Kier alpha value is 0.210. The van der Waals surface area contributed by atoms with E-state index in [9.17, 15) is 5.11 Å². The van der Waals surface area contributed by atoms with E-state index in [1.54, 1.807) is 0 Å². The minimum Gasteiger partial charge on any atom is -0.392 e. The molecular weight excluding hydrogens is 566 g/mol. The van der Waals surface area contributed by atoms with Crippen molar-refractivity contribution in [2.45, 2.75) is 56.4 Å². The number of halogens is 2. The predicted molar refractivity (Wildman–Crippen MR) is 129 cm³/mol. The molecule has 0 amide bonds. The summed E-state index contributed by atoms with van der Waals surface area (Å²) in [5.41, 5.74) is 2.52. The summed E-state index contributed by atoms with van der Waals surface area (Å²) in [5.74, 6) is 1.04.